The number of amides is 1. The molecule has 0 atom stereocenters. The van der Waals surface area contributed by atoms with Gasteiger partial charge >= 0.3 is 0 Å². The summed E-state index contributed by atoms with van der Waals surface area (Å²) in [5.74, 6) is 1.06. The number of hydrogen-bond acceptors (Lipinski definition) is 5. The van der Waals surface area contributed by atoms with Crippen molar-refractivity contribution in [1.82, 2.24) is 14.8 Å². The van der Waals surface area contributed by atoms with E-state index in [1.165, 1.54) is 53.7 Å². The van der Waals surface area contributed by atoms with E-state index in [2.05, 4.69) is 43.6 Å². The van der Waals surface area contributed by atoms with E-state index in [-0.39, 0.29) is 5.91 Å². The second kappa shape index (κ2) is 11.2. The summed E-state index contributed by atoms with van der Waals surface area (Å²) >= 11 is 0. The van der Waals surface area contributed by atoms with Gasteiger partial charge in [-0.1, -0.05) is 18.2 Å². The highest BCUT2D eigenvalue weighted by molar-refractivity contribution is 5.94. The zero-order chi connectivity index (χ0) is 26.8. The minimum Gasteiger partial charge on any atom is -0.485 e. The molecule has 2 aliphatic rings. The molecule has 38 heavy (non-hydrogen) atoms. The second-order valence-corrected chi connectivity index (χ2v) is 11.0. The van der Waals surface area contributed by atoms with Crippen LogP contribution in [0.4, 0.5) is 5.82 Å². The first-order chi connectivity index (χ1) is 18.3. The molecule has 0 unspecified atom stereocenters. The Labute approximate surface area is 226 Å². The lowest BCUT2D eigenvalue weighted by molar-refractivity contribution is 0.0644. The van der Waals surface area contributed by atoms with Crippen molar-refractivity contribution in [2.24, 2.45) is 0 Å². The Morgan fingerprint density at radius 1 is 0.921 bits per heavy atom. The van der Waals surface area contributed by atoms with Crippen molar-refractivity contribution >= 4 is 11.7 Å². The first kappa shape index (κ1) is 26.2. The number of nitrogens with zero attached hydrogens (tertiary/aromatic N) is 3. The maximum Gasteiger partial charge on any atom is 0.253 e. The third-order valence-electron chi connectivity index (χ3n) is 8.65. The van der Waals surface area contributed by atoms with Gasteiger partial charge in [-0.05, 0) is 118 Å². The van der Waals surface area contributed by atoms with E-state index in [4.69, 9.17) is 10.5 Å². The summed E-state index contributed by atoms with van der Waals surface area (Å²) in [6.07, 6.45) is 6.54. The minimum atomic E-state index is 0.120. The van der Waals surface area contributed by atoms with Crippen molar-refractivity contribution in [3.63, 3.8) is 0 Å². The number of pyridine rings is 1. The SMILES string of the molecule is Cc1cc(C)c(C)c(COc2cc(-c3ccc(C(=O)N4CCC(N5CCCC5)CC4)cc3)cnc2N)c1C. The average molecular weight is 513 g/mol. The summed E-state index contributed by atoms with van der Waals surface area (Å²) in [5, 5.41) is 0. The van der Waals surface area contributed by atoms with Gasteiger partial charge < -0.3 is 20.3 Å². The Bertz CT molecular complexity index is 1280. The van der Waals surface area contributed by atoms with Crippen LogP contribution in [-0.4, -0.2) is 52.9 Å². The van der Waals surface area contributed by atoms with Crippen LogP contribution in [0.25, 0.3) is 11.1 Å². The number of aryl methyl sites for hydroxylation is 2. The van der Waals surface area contributed by atoms with Crippen molar-refractivity contribution in [3.05, 3.63) is 76.0 Å². The van der Waals surface area contributed by atoms with Gasteiger partial charge in [0.25, 0.3) is 5.91 Å². The molecule has 0 saturated carbocycles. The predicted molar refractivity (Wildman–Crippen MR) is 154 cm³/mol. The smallest absolute Gasteiger partial charge is 0.253 e. The van der Waals surface area contributed by atoms with Crippen molar-refractivity contribution in [3.8, 4) is 16.9 Å². The zero-order valence-electron chi connectivity index (χ0n) is 23.2. The number of carbonyl (C=O) groups is 1. The molecule has 0 spiro atoms. The van der Waals surface area contributed by atoms with E-state index in [0.717, 1.165) is 42.6 Å². The lowest BCUT2D eigenvalue weighted by Crippen LogP contribution is -2.45. The highest BCUT2D eigenvalue weighted by Crippen LogP contribution is 2.30. The van der Waals surface area contributed by atoms with Crippen LogP contribution in [0.1, 0.15) is 63.9 Å². The largest absolute Gasteiger partial charge is 0.485 e. The first-order valence-electron chi connectivity index (χ1n) is 13.9. The van der Waals surface area contributed by atoms with E-state index in [1.54, 1.807) is 6.20 Å². The molecule has 1 amide bonds. The Balaban J connectivity index is 1.25. The fourth-order valence-corrected chi connectivity index (χ4v) is 5.92. The summed E-state index contributed by atoms with van der Waals surface area (Å²) in [6.45, 7) is 13.1. The molecule has 0 aliphatic carbocycles. The molecule has 0 radical (unpaired) electrons. The normalized spacial score (nSPS) is 16.7. The van der Waals surface area contributed by atoms with Crippen LogP contribution in [0.15, 0.2) is 42.6 Å². The lowest BCUT2D eigenvalue weighted by Gasteiger charge is -2.36. The number of hydrogen-bond donors (Lipinski definition) is 1. The number of nitrogens with two attached hydrogens (primary N) is 1. The number of aromatic nitrogens is 1. The minimum absolute atomic E-state index is 0.120. The number of likely N-dealkylation sites (tertiary alicyclic amines) is 2. The van der Waals surface area contributed by atoms with Gasteiger partial charge in [0.1, 0.15) is 6.61 Å². The Morgan fingerprint density at radius 3 is 2.18 bits per heavy atom. The quantitative estimate of drug-likeness (QED) is 0.449. The third-order valence-corrected chi connectivity index (χ3v) is 8.65. The highest BCUT2D eigenvalue weighted by atomic mass is 16.5. The van der Waals surface area contributed by atoms with Crippen LogP contribution in [0, 0.1) is 27.7 Å². The van der Waals surface area contributed by atoms with Crippen molar-refractivity contribution in [1.29, 1.82) is 0 Å². The number of piperidine rings is 1. The average Bonchev–Trinajstić information content (AvgIpc) is 3.48. The summed E-state index contributed by atoms with van der Waals surface area (Å²) < 4.78 is 6.19. The fraction of sp³-hybridized carbons (Fsp3) is 0.438. The molecule has 5 rings (SSSR count). The Hall–Kier alpha value is -3.38. The van der Waals surface area contributed by atoms with E-state index in [9.17, 15) is 4.79 Å². The third kappa shape index (κ3) is 5.41. The molecule has 3 aromatic rings. The number of benzene rings is 2. The van der Waals surface area contributed by atoms with Gasteiger partial charge in [-0.25, -0.2) is 4.98 Å². The number of ether oxygens (including phenoxy) is 1. The molecule has 200 valence electrons. The number of anilines is 1. The summed E-state index contributed by atoms with van der Waals surface area (Å²) in [6, 6.07) is 12.6. The molecule has 6 heteroatoms. The number of rotatable bonds is 6. The molecule has 1 aromatic heterocycles. The van der Waals surface area contributed by atoms with Crippen LogP contribution >= 0.6 is 0 Å². The molecule has 2 aliphatic heterocycles. The molecular formula is C32H40N4O2. The Morgan fingerprint density at radius 2 is 1.55 bits per heavy atom. The topological polar surface area (TPSA) is 71.7 Å². The van der Waals surface area contributed by atoms with Crippen LogP contribution in [-0.2, 0) is 6.61 Å². The van der Waals surface area contributed by atoms with Crippen LogP contribution < -0.4 is 10.5 Å². The van der Waals surface area contributed by atoms with Gasteiger partial charge in [0.2, 0.25) is 0 Å². The molecule has 2 fully saturated rings. The molecule has 2 saturated heterocycles. The fourth-order valence-electron chi connectivity index (χ4n) is 5.92. The zero-order valence-corrected chi connectivity index (χ0v) is 23.2. The van der Waals surface area contributed by atoms with Crippen LogP contribution in [0.5, 0.6) is 5.75 Å². The summed E-state index contributed by atoms with van der Waals surface area (Å²) in [5.41, 5.74) is 15.0. The van der Waals surface area contributed by atoms with Gasteiger partial charge in [0.15, 0.2) is 11.6 Å². The molecule has 0 bridgehead atoms. The van der Waals surface area contributed by atoms with Gasteiger partial charge in [-0.15, -0.1) is 0 Å². The maximum absolute atomic E-state index is 13.2. The first-order valence-corrected chi connectivity index (χ1v) is 13.9. The predicted octanol–water partition coefficient (Wildman–Crippen LogP) is 5.84. The van der Waals surface area contributed by atoms with Crippen molar-refractivity contribution in [2.75, 3.05) is 31.9 Å². The van der Waals surface area contributed by atoms with Gasteiger partial charge in [0, 0.05) is 36.5 Å². The molecule has 3 heterocycles. The van der Waals surface area contributed by atoms with Gasteiger partial charge in [-0.3, -0.25) is 4.79 Å². The van der Waals surface area contributed by atoms with Gasteiger partial charge in [-0.2, -0.15) is 0 Å². The van der Waals surface area contributed by atoms with E-state index >= 15 is 0 Å². The van der Waals surface area contributed by atoms with E-state index in [1.807, 2.05) is 35.2 Å². The Kier molecular flexibility index (Phi) is 7.70. The van der Waals surface area contributed by atoms with Crippen molar-refractivity contribution < 1.29 is 9.53 Å². The molecule has 2 aromatic carbocycles. The monoisotopic (exact) mass is 512 g/mol. The number of nitrogen functional groups attached to an aromatic ring is 1. The second-order valence-electron chi connectivity index (χ2n) is 11.0. The molecule has 2 N–H and O–H groups in total. The van der Waals surface area contributed by atoms with E-state index < -0.39 is 0 Å². The van der Waals surface area contributed by atoms with Crippen LogP contribution in [0.2, 0.25) is 0 Å². The summed E-state index contributed by atoms with van der Waals surface area (Å²) in [4.78, 5) is 22.2. The van der Waals surface area contributed by atoms with E-state index in [0.29, 0.717) is 24.2 Å². The lowest BCUT2D eigenvalue weighted by atomic mass is 9.95. The number of carbonyl (C=O) groups excluding carboxylic acids is 1. The molecular weight excluding hydrogens is 472 g/mol. The van der Waals surface area contributed by atoms with Gasteiger partial charge in [0.05, 0.1) is 0 Å². The van der Waals surface area contributed by atoms with Crippen molar-refractivity contribution in [2.45, 2.75) is 66.0 Å². The standard InChI is InChI=1S/C32H40N4O2/c1-21-17-22(2)24(4)29(23(21)3)20-38-30-18-27(19-34-31(30)33)25-7-9-26(10-8-25)32(37)36-15-11-28(12-16-36)35-13-5-6-14-35/h7-10,17-19,28H,5-6,11-16,20H2,1-4H3,(H2,33,34). The highest BCUT2D eigenvalue weighted by Gasteiger charge is 2.28. The maximum atomic E-state index is 13.2. The summed E-state index contributed by atoms with van der Waals surface area (Å²) in [7, 11) is 0. The molecule has 6 nitrogen and oxygen atoms in total. The van der Waals surface area contributed by atoms with Crippen LogP contribution in [0.3, 0.4) is 0 Å².